The highest BCUT2D eigenvalue weighted by atomic mass is 35.5. The second-order valence-electron chi connectivity index (χ2n) is 7.32. The molecule has 1 atom stereocenters. The summed E-state index contributed by atoms with van der Waals surface area (Å²) in [5.74, 6) is -0.0191. The summed E-state index contributed by atoms with van der Waals surface area (Å²) in [4.78, 5) is 27.3. The zero-order chi connectivity index (χ0) is 22.0. The van der Waals surface area contributed by atoms with Crippen LogP contribution in [0.1, 0.15) is 37.6 Å². The maximum atomic E-state index is 13.4. The Labute approximate surface area is 189 Å². The van der Waals surface area contributed by atoms with Gasteiger partial charge < -0.3 is 9.73 Å². The van der Waals surface area contributed by atoms with Crippen molar-refractivity contribution in [1.82, 2.24) is 20.4 Å². The van der Waals surface area contributed by atoms with E-state index in [0.717, 1.165) is 23.3 Å². The Morgan fingerprint density at radius 1 is 1.10 bits per heavy atom. The van der Waals surface area contributed by atoms with E-state index in [-0.39, 0.29) is 24.2 Å². The summed E-state index contributed by atoms with van der Waals surface area (Å²) in [6, 6.07) is 13.7. The lowest BCUT2D eigenvalue weighted by molar-refractivity contribution is -0.132. The maximum absolute atomic E-state index is 13.4. The Hall–Kier alpha value is -2.90. The van der Waals surface area contributed by atoms with E-state index >= 15 is 0 Å². The number of hydrogen-bond donors (Lipinski definition) is 1. The van der Waals surface area contributed by atoms with Crippen molar-refractivity contribution in [2.24, 2.45) is 0 Å². The molecule has 1 saturated heterocycles. The lowest BCUT2D eigenvalue weighted by Gasteiger charge is -2.27. The molecule has 0 spiro atoms. The van der Waals surface area contributed by atoms with Gasteiger partial charge in [-0.3, -0.25) is 9.69 Å². The third kappa shape index (κ3) is 4.03. The number of nitrogens with zero attached hydrogens (tertiary/aromatic N) is 3. The average Bonchev–Trinajstić information content (AvgIpc) is 3.32. The van der Waals surface area contributed by atoms with E-state index in [1.54, 1.807) is 18.2 Å². The van der Waals surface area contributed by atoms with Gasteiger partial charge in [0.05, 0.1) is 10.6 Å². The topological polar surface area (TPSA) is 88.3 Å². The number of urea groups is 1. The summed E-state index contributed by atoms with van der Waals surface area (Å²) in [5.41, 5.74) is 0.170. The first-order valence-corrected chi connectivity index (χ1v) is 10.7. The second-order valence-corrected chi connectivity index (χ2v) is 8.17. The second kappa shape index (κ2) is 8.69. The number of rotatable bonds is 7. The van der Waals surface area contributed by atoms with Gasteiger partial charge in [0.25, 0.3) is 5.91 Å². The van der Waals surface area contributed by atoms with Gasteiger partial charge in [-0.15, -0.1) is 10.2 Å². The van der Waals surface area contributed by atoms with Gasteiger partial charge in [0, 0.05) is 5.02 Å². The molecule has 7 nitrogen and oxygen atoms in total. The van der Waals surface area contributed by atoms with Gasteiger partial charge in [-0.1, -0.05) is 73.3 Å². The lowest BCUT2D eigenvalue weighted by Crippen LogP contribution is -2.44. The molecule has 160 valence electrons. The van der Waals surface area contributed by atoms with Crippen LogP contribution in [0.5, 0.6) is 0 Å². The number of hydrogen-bond acceptors (Lipinski definition) is 5. The van der Waals surface area contributed by atoms with Crippen LogP contribution in [0.15, 0.2) is 52.9 Å². The molecule has 31 heavy (non-hydrogen) atoms. The molecule has 1 N–H and O–H groups in total. The van der Waals surface area contributed by atoms with Crippen LogP contribution in [0.2, 0.25) is 10.0 Å². The molecule has 4 rings (SSSR count). The smallest absolute Gasteiger partial charge is 0.325 e. The Bertz CT molecular complexity index is 1120. The highest BCUT2D eigenvalue weighted by molar-refractivity contribution is 6.36. The lowest BCUT2D eigenvalue weighted by atomic mass is 9.85. The van der Waals surface area contributed by atoms with Crippen LogP contribution < -0.4 is 5.32 Å². The monoisotopic (exact) mass is 458 g/mol. The van der Waals surface area contributed by atoms with Crippen molar-refractivity contribution < 1.29 is 14.0 Å². The SMILES string of the molecule is CCCCC1(c2ccccc2)NC(=O)N(Cc2nnc(-c3ccc(Cl)cc3Cl)o2)C1=O. The molecular formula is C22H20Cl2N4O3. The summed E-state index contributed by atoms with van der Waals surface area (Å²) in [7, 11) is 0. The fourth-order valence-electron chi connectivity index (χ4n) is 3.67. The zero-order valence-electron chi connectivity index (χ0n) is 16.8. The molecule has 9 heteroatoms. The Kier molecular flexibility index (Phi) is 5.98. The van der Waals surface area contributed by atoms with Gasteiger partial charge in [-0.05, 0) is 30.2 Å². The molecule has 0 aliphatic carbocycles. The van der Waals surface area contributed by atoms with Gasteiger partial charge >= 0.3 is 6.03 Å². The van der Waals surface area contributed by atoms with Crippen molar-refractivity contribution in [2.75, 3.05) is 0 Å². The van der Waals surface area contributed by atoms with E-state index in [1.807, 2.05) is 37.3 Å². The summed E-state index contributed by atoms with van der Waals surface area (Å²) < 4.78 is 5.68. The molecule has 2 aromatic carbocycles. The average molecular weight is 459 g/mol. The predicted molar refractivity (Wildman–Crippen MR) is 116 cm³/mol. The molecule has 1 aromatic heterocycles. The van der Waals surface area contributed by atoms with Crippen LogP contribution >= 0.6 is 23.2 Å². The molecule has 3 amide bonds. The highest BCUT2D eigenvalue weighted by Crippen LogP contribution is 2.35. The minimum Gasteiger partial charge on any atom is -0.419 e. The Balaban J connectivity index is 1.60. The number of imide groups is 1. The quantitative estimate of drug-likeness (QED) is 0.492. The number of unbranched alkanes of at least 4 members (excludes halogenated alkanes) is 1. The fraction of sp³-hybridized carbons (Fsp3) is 0.273. The largest absolute Gasteiger partial charge is 0.419 e. The summed E-state index contributed by atoms with van der Waals surface area (Å²) >= 11 is 12.1. The van der Waals surface area contributed by atoms with Crippen molar-refractivity contribution in [3.8, 4) is 11.5 Å². The minimum atomic E-state index is -1.10. The molecule has 2 heterocycles. The van der Waals surface area contributed by atoms with E-state index in [0.29, 0.717) is 22.0 Å². The normalized spacial score (nSPS) is 18.5. The van der Waals surface area contributed by atoms with Crippen LogP contribution in [0.25, 0.3) is 11.5 Å². The number of halogens is 2. The van der Waals surface area contributed by atoms with Gasteiger partial charge in [0.1, 0.15) is 12.1 Å². The van der Waals surface area contributed by atoms with Crippen molar-refractivity contribution in [2.45, 2.75) is 38.3 Å². The van der Waals surface area contributed by atoms with Gasteiger partial charge in [0.2, 0.25) is 11.8 Å². The van der Waals surface area contributed by atoms with Crippen LogP contribution in [0.3, 0.4) is 0 Å². The highest BCUT2D eigenvalue weighted by Gasteiger charge is 2.52. The van der Waals surface area contributed by atoms with E-state index < -0.39 is 11.6 Å². The van der Waals surface area contributed by atoms with Crippen LogP contribution in [-0.2, 0) is 16.9 Å². The van der Waals surface area contributed by atoms with Crippen LogP contribution in [0, 0.1) is 0 Å². The van der Waals surface area contributed by atoms with Gasteiger partial charge in [0.15, 0.2) is 0 Å². The van der Waals surface area contributed by atoms with Crippen molar-refractivity contribution in [3.05, 3.63) is 70.0 Å². The first-order valence-electron chi connectivity index (χ1n) is 9.92. The summed E-state index contributed by atoms with van der Waals surface area (Å²) in [5, 5.41) is 11.7. The Morgan fingerprint density at radius 2 is 1.87 bits per heavy atom. The van der Waals surface area contributed by atoms with Crippen molar-refractivity contribution in [1.29, 1.82) is 0 Å². The number of aromatic nitrogens is 2. The van der Waals surface area contributed by atoms with E-state index in [4.69, 9.17) is 27.6 Å². The van der Waals surface area contributed by atoms with Crippen LogP contribution in [0.4, 0.5) is 4.79 Å². The van der Waals surface area contributed by atoms with E-state index in [2.05, 4.69) is 15.5 Å². The number of amides is 3. The zero-order valence-corrected chi connectivity index (χ0v) is 18.3. The van der Waals surface area contributed by atoms with Gasteiger partial charge in [-0.2, -0.15) is 0 Å². The van der Waals surface area contributed by atoms with Gasteiger partial charge in [-0.25, -0.2) is 4.79 Å². The summed E-state index contributed by atoms with van der Waals surface area (Å²) in [6.45, 7) is 1.91. The van der Waals surface area contributed by atoms with E-state index in [1.165, 1.54) is 0 Å². The van der Waals surface area contributed by atoms with Crippen molar-refractivity contribution in [3.63, 3.8) is 0 Å². The Morgan fingerprint density at radius 3 is 2.58 bits per heavy atom. The first kappa shape index (κ1) is 21.3. The molecule has 3 aromatic rings. The third-order valence-corrected chi connectivity index (χ3v) is 5.82. The molecule has 1 unspecified atom stereocenters. The molecule has 1 aliphatic rings. The molecular weight excluding hydrogens is 439 g/mol. The van der Waals surface area contributed by atoms with E-state index in [9.17, 15) is 9.59 Å². The molecule has 0 bridgehead atoms. The number of carbonyl (C=O) groups excluding carboxylic acids is 2. The predicted octanol–water partition coefficient (Wildman–Crippen LogP) is 5.18. The first-order chi connectivity index (χ1) is 14.9. The summed E-state index contributed by atoms with van der Waals surface area (Å²) in [6.07, 6.45) is 2.19. The minimum absolute atomic E-state index is 0.129. The molecule has 1 fully saturated rings. The number of benzene rings is 2. The van der Waals surface area contributed by atoms with Crippen LogP contribution in [-0.4, -0.2) is 27.0 Å². The standard InChI is InChI=1S/C22H20Cl2N4O3/c1-2-3-11-22(14-7-5-4-6-8-14)20(29)28(21(30)25-22)13-18-26-27-19(31-18)16-10-9-15(23)12-17(16)24/h4-10,12H,2-3,11,13H2,1H3,(H,25,30). The number of nitrogens with one attached hydrogen (secondary N) is 1. The molecule has 0 saturated carbocycles. The van der Waals surface area contributed by atoms with Crippen molar-refractivity contribution >= 4 is 35.1 Å². The molecule has 0 radical (unpaired) electrons. The molecule has 1 aliphatic heterocycles. The maximum Gasteiger partial charge on any atom is 0.325 e. The fourth-order valence-corrected chi connectivity index (χ4v) is 4.16. The third-order valence-electron chi connectivity index (χ3n) is 5.27. The number of carbonyl (C=O) groups is 2.